The van der Waals surface area contributed by atoms with Crippen LogP contribution in [0.3, 0.4) is 0 Å². The maximum absolute atomic E-state index is 12.9. The van der Waals surface area contributed by atoms with Crippen molar-refractivity contribution in [1.29, 1.82) is 0 Å². The van der Waals surface area contributed by atoms with E-state index < -0.39 is 15.8 Å². The molecule has 0 saturated carbocycles. The summed E-state index contributed by atoms with van der Waals surface area (Å²) in [5.74, 6) is 0.0495. The Morgan fingerprint density at radius 1 is 1.05 bits per heavy atom. The number of halogens is 2. The van der Waals surface area contributed by atoms with Gasteiger partial charge >= 0.3 is 0 Å². The lowest BCUT2D eigenvalue weighted by Crippen LogP contribution is -2.14. The molecule has 0 aliphatic heterocycles. The lowest BCUT2D eigenvalue weighted by molar-refractivity contribution is 0.390. The molecule has 0 atom stereocenters. The summed E-state index contributed by atoms with van der Waals surface area (Å²) in [5.41, 5.74) is 0.241. The van der Waals surface area contributed by atoms with E-state index in [-0.39, 0.29) is 16.3 Å². The van der Waals surface area contributed by atoms with Crippen molar-refractivity contribution in [1.82, 2.24) is 0 Å². The third kappa shape index (κ3) is 3.50. The van der Waals surface area contributed by atoms with Crippen molar-refractivity contribution in [2.45, 2.75) is 4.90 Å². The van der Waals surface area contributed by atoms with Crippen molar-refractivity contribution >= 4 is 31.6 Å². The monoisotopic (exact) mass is 389 g/mol. The Kier molecular flexibility index (Phi) is 4.92. The van der Waals surface area contributed by atoms with Gasteiger partial charge in [0.05, 0.1) is 18.7 Å². The summed E-state index contributed by atoms with van der Waals surface area (Å²) in [6.07, 6.45) is 0. The summed E-state index contributed by atoms with van der Waals surface area (Å²) < 4.78 is 51.0. The zero-order chi connectivity index (χ0) is 16.3. The molecular formula is C14H13BrFNO4S. The van der Waals surface area contributed by atoms with E-state index in [1.807, 2.05) is 0 Å². The van der Waals surface area contributed by atoms with Gasteiger partial charge in [-0.2, -0.15) is 0 Å². The summed E-state index contributed by atoms with van der Waals surface area (Å²) in [7, 11) is -1.12. The third-order valence-corrected chi connectivity index (χ3v) is 4.85. The van der Waals surface area contributed by atoms with Crippen LogP contribution in [0.15, 0.2) is 45.8 Å². The number of hydrogen-bond acceptors (Lipinski definition) is 4. The van der Waals surface area contributed by atoms with E-state index in [0.29, 0.717) is 10.2 Å². The maximum atomic E-state index is 12.9. The third-order valence-electron chi connectivity index (χ3n) is 2.82. The molecule has 0 heterocycles. The Hall–Kier alpha value is -1.80. The summed E-state index contributed by atoms with van der Waals surface area (Å²) in [6.45, 7) is 0. The first-order valence-corrected chi connectivity index (χ1v) is 8.35. The van der Waals surface area contributed by atoms with Gasteiger partial charge in [-0.15, -0.1) is 0 Å². The SMILES string of the molecule is COc1cc(S(=O)(=O)Nc2ccc(F)cc2)c(OC)cc1Br. The minimum atomic E-state index is -3.92. The van der Waals surface area contributed by atoms with Gasteiger partial charge in [0.1, 0.15) is 22.2 Å². The van der Waals surface area contributed by atoms with Crippen LogP contribution in [0.5, 0.6) is 11.5 Å². The molecule has 0 aliphatic rings. The van der Waals surface area contributed by atoms with E-state index in [1.54, 1.807) is 0 Å². The van der Waals surface area contributed by atoms with Gasteiger partial charge in [-0.25, -0.2) is 12.8 Å². The molecule has 0 bridgehead atoms. The van der Waals surface area contributed by atoms with E-state index in [1.165, 1.54) is 38.5 Å². The second kappa shape index (κ2) is 6.53. The van der Waals surface area contributed by atoms with Crippen molar-refractivity contribution in [3.05, 3.63) is 46.7 Å². The molecule has 5 nitrogen and oxygen atoms in total. The highest BCUT2D eigenvalue weighted by Crippen LogP contribution is 2.35. The predicted molar refractivity (Wildman–Crippen MR) is 84.5 cm³/mol. The minimum absolute atomic E-state index is 0.0839. The Balaban J connectivity index is 2.46. The maximum Gasteiger partial charge on any atom is 0.265 e. The largest absolute Gasteiger partial charge is 0.496 e. The van der Waals surface area contributed by atoms with Crippen LogP contribution in [0.25, 0.3) is 0 Å². The highest BCUT2D eigenvalue weighted by atomic mass is 79.9. The van der Waals surface area contributed by atoms with Crippen LogP contribution in [-0.4, -0.2) is 22.6 Å². The fourth-order valence-electron chi connectivity index (χ4n) is 1.77. The van der Waals surface area contributed by atoms with Crippen molar-refractivity contribution in [3.8, 4) is 11.5 Å². The fraction of sp³-hybridized carbons (Fsp3) is 0.143. The molecule has 8 heteroatoms. The van der Waals surface area contributed by atoms with Crippen molar-refractivity contribution in [3.63, 3.8) is 0 Å². The number of rotatable bonds is 5. The normalized spacial score (nSPS) is 11.1. The number of sulfonamides is 1. The first-order valence-electron chi connectivity index (χ1n) is 6.07. The molecule has 0 fully saturated rings. The molecule has 2 aromatic carbocycles. The average molecular weight is 390 g/mol. The molecule has 22 heavy (non-hydrogen) atoms. The molecule has 2 aromatic rings. The lowest BCUT2D eigenvalue weighted by Gasteiger charge is -2.14. The summed E-state index contributed by atoms with van der Waals surface area (Å²) in [5, 5.41) is 0. The van der Waals surface area contributed by atoms with Gasteiger partial charge in [0, 0.05) is 11.8 Å². The molecule has 2 rings (SSSR count). The average Bonchev–Trinajstić information content (AvgIpc) is 2.48. The quantitative estimate of drug-likeness (QED) is 0.850. The summed E-state index contributed by atoms with van der Waals surface area (Å²) in [4.78, 5) is -0.0839. The molecule has 0 amide bonds. The summed E-state index contributed by atoms with van der Waals surface area (Å²) >= 11 is 3.26. The second-order valence-electron chi connectivity index (χ2n) is 4.25. The van der Waals surface area contributed by atoms with Crippen LogP contribution >= 0.6 is 15.9 Å². The van der Waals surface area contributed by atoms with Crippen LogP contribution in [0.1, 0.15) is 0 Å². The van der Waals surface area contributed by atoms with Crippen molar-refractivity contribution < 1.29 is 22.3 Å². The number of hydrogen-bond donors (Lipinski definition) is 1. The van der Waals surface area contributed by atoms with E-state index in [9.17, 15) is 12.8 Å². The number of anilines is 1. The molecular weight excluding hydrogens is 377 g/mol. The Morgan fingerprint density at radius 3 is 2.18 bits per heavy atom. The Labute approximate surface area is 136 Å². The lowest BCUT2D eigenvalue weighted by atomic mass is 10.3. The zero-order valence-corrected chi connectivity index (χ0v) is 14.2. The number of methoxy groups -OCH3 is 2. The van der Waals surface area contributed by atoms with E-state index in [4.69, 9.17) is 9.47 Å². The topological polar surface area (TPSA) is 64.6 Å². The second-order valence-corrected chi connectivity index (χ2v) is 6.76. The molecule has 0 saturated heterocycles. The minimum Gasteiger partial charge on any atom is -0.496 e. The highest BCUT2D eigenvalue weighted by Gasteiger charge is 2.22. The highest BCUT2D eigenvalue weighted by molar-refractivity contribution is 9.10. The number of benzene rings is 2. The zero-order valence-electron chi connectivity index (χ0n) is 11.8. The van der Waals surface area contributed by atoms with Crippen molar-refractivity contribution in [2.75, 3.05) is 18.9 Å². The first kappa shape index (κ1) is 16.6. The van der Waals surface area contributed by atoms with Crippen molar-refractivity contribution in [2.24, 2.45) is 0 Å². The Morgan fingerprint density at radius 2 is 1.64 bits per heavy atom. The molecule has 0 spiro atoms. The number of ether oxygens (including phenoxy) is 2. The van der Waals surface area contributed by atoms with Crippen LogP contribution < -0.4 is 14.2 Å². The van der Waals surface area contributed by atoms with E-state index >= 15 is 0 Å². The molecule has 0 aliphatic carbocycles. The Bertz CT molecular complexity index is 778. The molecule has 0 aromatic heterocycles. The van der Waals surface area contributed by atoms with Gasteiger partial charge in [0.25, 0.3) is 10.0 Å². The van der Waals surface area contributed by atoms with Crippen LogP contribution in [0.2, 0.25) is 0 Å². The fourth-order valence-corrected chi connectivity index (χ4v) is 3.48. The molecule has 118 valence electrons. The van der Waals surface area contributed by atoms with Crippen LogP contribution in [0.4, 0.5) is 10.1 Å². The van der Waals surface area contributed by atoms with Gasteiger partial charge in [0.15, 0.2) is 0 Å². The summed E-state index contributed by atoms with van der Waals surface area (Å²) in [6, 6.07) is 7.83. The van der Waals surface area contributed by atoms with E-state index in [2.05, 4.69) is 20.7 Å². The van der Waals surface area contributed by atoms with Gasteiger partial charge in [-0.3, -0.25) is 4.72 Å². The van der Waals surface area contributed by atoms with Gasteiger partial charge in [-0.05, 0) is 46.3 Å². The van der Waals surface area contributed by atoms with Gasteiger partial charge in [-0.1, -0.05) is 0 Å². The smallest absolute Gasteiger partial charge is 0.265 e. The molecule has 0 radical (unpaired) electrons. The van der Waals surface area contributed by atoms with Crippen LogP contribution in [-0.2, 0) is 10.0 Å². The van der Waals surface area contributed by atoms with Crippen LogP contribution in [0, 0.1) is 5.82 Å². The number of nitrogens with one attached hydrogen (secondary N) is 1. The van der Waals surface area contributed by atoms with Gasteiger partial charge < -0.3 is 9.47 Å². The first-order chi connectivity index (χ1) is 10.4. The van der Waals surface area contributed by atoms with E-state index in [0.717, 1.165) is 12.1 Å². The van der Waals surface area contributed by atoms with Gasteiger partial charge in [0.2, 0.25) is 0 Å². The molecule has 0 unspecified atom stereocenters. The predicted octanol–water partition coefficient (Wildman–Crippen LogP) is 3.41. The molecule has 1 N–H and O–H groups in total. The standard InChI is InChI=1S/C14H13BrFNO4S/c1-20-12-8-14(13(21-2)7-11(12)15)22(18,19)17-10-5-3-9(16)4-6-10/h3-8,17H,1-2H3.